The van der Waals surface area contributed by atoms with Gasteiger partial charge in [-0.2, -0.15) is 0 Å². The molecule has 1 aromatic heterocycles. The molecule has 94 valence electrons. The lowest BCUT2D eigenvalue weighted by Gasteiger charge is -2.05. The topological polar surface area (TPSA) is 42.0 Å². The van der Waals surface area contributed by atoms with Crippen molar-refractivity contribution in [2.75, 3.05) is 6.54 Å². The van der Waals surface area contributed by atoms with Gasteiger partial charge in [-0.05, 0) is 25.5 Å². The fraction of sp³-hybridized carbons (Fsp3) is 0.538. The Balaban J connectivity index is 2.62. The molecule has 0 spiro atoms. The number of carbonyl (C=O) groups is 1. The summed E-state index contributed by atoms with van der Waals surface area (Å²) in [7, 11) is 0. The van der Waals surface area contributed by atoms with Crippen molar-refractivity contribution in [1.29, 1.82) is 0 Å². The Morgan fingerprint density at radius 3 is 2.76 bits per heavy atom. The molecule has 0 saturated carbocycles. The summed E-state index contributed by atoms with van der Waals surface area (Å²) in [5.74, 6) is -0.385. The Kier molecular flexibility index (Phi) is 5.60. The van der Waals surface area contributed by atoms with Gasteiger partial charge in [-0.1, -0.05) is 13.3 Å². The number of hydrogen-bond donors (Lipinski definition) is 1. The molecule has 1 N–H and O–H groups in total. The van der Waals surface area contributed by atoms with E-state index in [-0.39, 0.29) is 18.1 Å². The van der Waals surface area contributed by atoms with Crippen LogP contribution in [0.3, 0.4) is 0 Å². The van der Waals surface area contributed by atoms with Gasteiger partial charge in [0.1, 0.15) is 5.82 Å². The average Bonchev–Trinajstić information content (AvgIpc) is 2.30. The lowest BCUT2D eigenvalue weighted by molar-refractivity contribution is -0.120. The first-order valence-corrected chi connectivity index (χ1v) is 6.08. The van der Waals surface area contributed by atoms with Crippen molar-refractivity contribution in [3.8, 4) is 0 Å². The smallest absolute Gasteiger partial charge is 0.220 e. The summed E-state index contributed by atoms with van der Waals surface area (Å²) >= 11 is 0. The molecule has 1 amide bonds. The number of nitrogens with zero attached hydrogens (tertiary/aromatic N) is 1. The molecule has 0 unspecified atom stereocenters. The van der Waals surface area contributed by atoms with Gasteiger partial charge in [0, 0.05) is 25.1 Å². The first-order valence-electron chi connectivity index (χ1n) is 6.08. The standard InChI is InChI=1S/C13H19FN2O/c1-3-5-10-6-7-11(14)12(16-10)8-9-13(17)15-4-2/h6-7H,3-5,8-9H2,1-2H3,(H,15,17). The van der Waals surface area contributed by atoms with Crippen molar-refractivity contribution in [3.63, 3.8) is 0 Å². The second kappa shape index (κ2) is 6.99. The van der Waals surface area contributed by atoms with E-state index in [0.29, 0.717) is 18.7 Å². The monoisotopic (exact) mass is 238 g/mol. The van der Waals surface area contributed by atoms with Gasteiger partial charge in [0.05, 0.1) is 5.69 Å². The number of aryl methyl sites for hydroxylation is 2. The molecule has 0 aliphatic heterocycles. The van der Waals surface area contributed by atoms with Gasteiger partial charge in [-0.3, -0.25) is 9.78 Å². The largest absolute Gasteiger partial charge is 0.356 e. The van der Waals surface area contributed by atoms with Crippen molar-refractivity contribution >= 4 is 5.91 Å². The molecule has 0 fully saturated rings. The SMILES string of the molecule is CCCc1ccc(F)c(CCC(=O)NCC)n1. The minimum atomic E-state index is -0.325. The van der Waals surface area contributed by atoms with E-state index >= 15 is 0 Å². The van der Waals surface area contributed by atoms with E-state index in [4.69, 9.17) is 0 Å². The maximum atomic E-state index is 13.5. The number of carbonyl (C=O) groups excluding carboxylic acids is 1. The molecule has 3 nitrogen and oxygen atoms in total. The predicted octanol–water partition coefficient (Wildman–Crippen LogP) is 2.24. The zero-order chi connectivity index (χ0) is 12.7. The molecule has 0 bridgehead atoms. The third-order valence-corrected chi connectivity index (χ3v) is 2.45. The van der Waals surface area contributed by atoms with Crippen LogP contribution in [0.2, 0.25) is 0 Å². The van der Waals surface area contributed by atoms with Crippen molar-refractivity contribution in [1.82, 2.24) is 10.3 Å². The molecular weight excluding hydrogens is 219 g/mol. The fourth-order valence-electron chi connectivity index (χ4n) is 1.62. The van der Waals surface area contributed by atoms with E-state index in [1.807, 2.05) is 6.92 Å². The van der Waals surface area contributed by atoms with Crippen LogP contribution in [-0.4, -0.2) is 17.4 Å². The van der Waals surface area contributed by atoms with Crippen LogP contribution in [0.15, 0.2) is 12.1 Å². The third-order valence-electron chi connectivity index (χ3n) is 2.45. The lowest BCUT2D eigenvalue weighted by atomic mass is 10.1. The van der Waals surface area contributed by atoms with Crippen LogP contribution in [0, 0.1) is 5.82 Å². The summed E-state index contributed by atoms with van der Waals surface area (Å²) in [6.07, 6.45) is 2.46. The van der Waals surface area contributed by atoms with Crippen molar-refractivity contribution < 1.29 is 9.18 Å². The van der Waals surface area contributed by atoms with Gasteiger partial charge in [0.2, 0.25) is 5.91 Å². The van der Waals surface area contributed by atoms with Crippen LogP contribution in [0.5, 0.6) is 0 Å². The second-order valence-corrected chi connectivity index (χ2v) is 3.93. The van der Waals surface area contributed by atoms with Crippen molar-refractivity contribution in [2.24, 2.45) is 0 Å². The maximum Gasteiger partial charge on any atom is 0.220 e. The van der Waals surface area contributed by atoms with Gasteiger partial charge >= 0.3 is 0 Å². The highest BCUT2D eigenvalue weighted by molar-refractivity contribution is 5.75. The first kappa shape index (κ1) is 13.6. The van der Waals surface area contributed by atoms with Crippen molar-refractivity contribution in [2.45, 2.75) is 39.5 Å². The normalized spacial score (nSPS) is 10.3. The fourth-order valence-corrected chi connectivity index (χ4v) is 1.62. The Labute approximate surface area is 101 Å². The summed E-state index contributed by atoms with van der Waals surface area (Å²) in [4.78, 5) is 15.5. The van der Waals surface area contributed by atoms with Gasteiger partial charge in [-0.25, -0.2) is 4.39 Å². The van der Waals surface area contributed by atoms with Gasteiger partial charge in [0.15, 0.2) is 0 Å². The van der Waals surface area contributed by atoms with Crippen LogP contribution in [-0.2, 0) is 17.6 Å². The summed E-state index contributed by atoms with van der Waals surface area (Å²) in [6.45, 7) is 4.52. The molecule has 1 aromatic rings. The predicted molar refractivity (Wildman–Crippen MR) is 65.2 cm³/mol. The van der Waals surface area contributed by atoms with E-state index < -0.39 is 0 Å². The van der Waals surface area contributed by atoms with Crippen LogP contribution in [0.25, 0.3) is 0 Å². The quantitative estimate of drug-likeness (QED) is 0.825. The summed E-state index contributed by atoms with van der Waals surface area (Å²) in [5.41, 5.74) is 1.28. The van der Waals surface area contributed by atoms with Gasteiger partial charge < -0.3 is 5.32 Å². The van der Waals surface area contributed by atoms with E-state index in [9.17, 15) is 9.18 Å². The van der Waals surface area contributed by atoms with E-state index in [1.54, 1.807) is 6.07 Å². The number of halogens is 1. The summed E-state index contributed by atoms with van der Waals surface area (Å²) in [6, 6.07) is 3.14. The molecule has 17 heavy (non-hydrogen) atoms. The zero-order valence-corrected chi connectivity index (χ0v) is 10.4. The first-order chi connectivity index (χ1) is 8.17. The minimum absolute atomic E-state index is 0.0606. The van der Waals surface area contributed by atoms with Crippen LogP contribution in [0.4, 0.5) is 4.39 Å². The molecule has 0 saturated heterocycles. The molecule has 0 radical (unpaired) electrons. The lowest BCUT2D eigenvalue weighted by Crippen LogP contribution is -2.23. The number of hydrogen-bond acceptors (Lipinski definition) is 2. The van der Waals surface area contributed by atoms with Gasteiger partial charge in [-0.15, -0.1) is 0 Å². The molecule has 4 heteroatoms. The number of rotatable bonds is 6. The number of nitrogens with one attached hydrogen (secondary N) is 1. The Bertz CT molecular complexity index is 380. The summed E-state index contributed by atoms with van der Waals surface area (Å²) < 4.78 is 13.5. The highest BCUT2D eigenvalue weighted by atomic mass is 19.1. The Morgan fingerprint density at radius 1 is 1.35 bits per heavy atom. The maximum absolute atomic E-state index is 13.5. The molecule has 1 heterocycles. The Hall–Kier alpha value is -1.45. The van der Waals surface area contributed by atoms with Crippen LogP contribution in [0.1, 0.15) is 38.1 Å². The second-order valence-electron chi connectivity index (χ2n) is 3.93. The number of pyridine rings is 1. The number of amides is 1. The molecule has 0 aliphatic carbocycles. The average molecular weight is 238 g/mol. The number of aromatic nitrogens is 1. The molecule has 0 atom stereocenters. The van der Waals surface area contributed by atoms with Gasteiger partial charge in [0.25, 0.3) is 0 Å². The van der Waals surface area contributed by atoms with Crippen LogP contribution >= 0.6 is 0 Å². The molecule has 0 aliphatic rings. The highest BCUT2D eigenvalue weighted by Gasteiger charge is 2.08. The summed E-state index contributed by atoms with van der Waals surface area (Å²) in [5, 5.41) is 2.69. The van der Waals surface area contributed by atoms with E-state index in [2.05, 4.69) is 17.2 Å². The van der Waals surface area contributed by atoms with E-state index in [1.165, 1.54) is 6.07 Å². The Morgan fingerprint density at radius 2 is 2.12 bits per heavy atom. The highest BCUT2D eigenvalue weighted by Crippen LogP contribution is 2.09. The molecule has 0 aromatic carbocycles. The molecular formula is C13H19FN2O. The van der Waals surface area contributed by atoms with Crippen molar-refractivity contribution in [3.05, 3.63) is 29.3 Å². The zero-order valence-electron chi connectivity index (χ0n) is 10.4. The van der Waals surface area contributed by atoms with Crippen LogP contribution < -0.4 is 5.32 Å². The van der Waals surface area contributed by atoms with E-state index in [0.717, 1.165) is 18.5 Å². The molecule has 1 rings (SSSR count). The third kappa shape index (κ3) is 4.51. The minimum Gasteiger partial charge on any atom is -0.356 e.